The van der Waals surface area contributed by atoms with Gasteiger partial charge in [0.2, 0.25) is 10.0 Å². The van der Waals surface area contributed by atoms with Crippen LogP contribution >= 0.6 is 11.6 Å². The van der Waals surface area contributed by atoms with Crippen LogP contribution < -0.4 is 4.72 Å². The first-order chi connectivity index (χ1) is 8.52. The van der Waals surface area contributed by atoms with E-state index < -0.39 is 15.2 Å². The van der Waals surface area contributed by atoms with Crippen LogP contribution in [-0.2, 0) is 10.0 Å². The van der Waals surface area contributed by atoms with E-state index in [0.29, 0.717) is 11.5 Å². The molecule has 1 heterocycles. The van der Waals surface area contributed by atoms with Crippen LogP contribution in [0.4, 0.5) is 5.82 Å². The lowest BCUT2D eigenvalue weighted by molar-refractivity contribution is 0.605. The monoisotopic (exact) mass is 285 g/mol. The van der Waals surface area contributed by atoms with Crippen LogP contribution in [0.25, 0.3) is 5.69 Å². The second-order valence-electron chi connectivity index (χ2n) is 3.74. The molecule has 0 aliphatic heterocycles. The Bertz CT molecular complexity index is 638. The average molecular weight is 286 g/mol. The predicted molar refractivity (Wildman–Crippen MR) is 71.6 cm³/mol. The number of alkyl halides is 1. The van der Waals surface area contributed by atoms with E-state index >= 15 is 0 Å². The van der Waals surface area contributed by atoms with Gasteiger partial charge in [-0.2, -0.15) is 5.10 Å². The molecule has 5 nitrogen and oxygen atoms in total. The zero-order valence-corrected chi connectivity index (χ0v) is 11.2. The van der Waals surface area contributed by atoms with Gasteiger partial charge >= 0.3 is 0 Å². The van der Waals surface area contributed by atoms with Crippen LogP contribution in [-0.4, -0.2) is 23.4 Å². The Labute approximate surface area is 110 Å². The van der Waals surface area contributed by atoms with Crippen molar-refractivity contribution in [1.29, 1.82) is 0 Å². The molecule has 0 aliphatic carbocycles. The van der Waals surface area contributed by atoms with Gasteiger partial charge in [-0.05, 0) is 19.1 Å². The minimum atomic E-state index is -3.54. The lowest BCUT2D eigenvalue weighted by Gasteiger charge is -2.08. The molecule has 0 amide bonds. The highest BCUT2D eigenvalue weighted by Gasteiger charge is 2.14. The summed E-state index contributed by atoms with van der Waals surface area (Å²) in [4.78, 5) is 0. The second kappa shape index (κ2) is 4.99. The van der Waals surface area contributed by atoms with Crippen molar-refractivity contribution in [3.63, 3.8) is 0 Å². The van der Waals surface area contributed by atoms with Crippen LogP contribution in [0.1, 0.15) is 5.69 Å². The lowest BCUT2D eigenvalue weighted by atomic mass is 10.3. The Morgan fingerprint density at radius 1 is 1.33 bits per heavy atom. The fourth-order valence-corrected chi connectivity index (χ4v) is 2.21. The largest absolute Gasteiger partial charge is 0.266 e. The van der Waals surface area contributed by atoms with Crippen molar-refractivity contribution in [2.75, 3.05) is 9.93 Å². The quantitative estimate of drug-likeness (QED) is 0.875. The van der Waals surface area contributed by atoms with Gasteiger partial charge < -0.3 is 0 Å². The van der Waals surface area contributed by atoms with Gasteiger partial charge in [0, 0.05) is 6.07 Å². The van der Waals surface area contributed by atoms with E-state index in [1.54, 1.807) is 13.0 Å². The molecular formula is C11H12ClN3O2S. The highest BCUT2D eigenvalue weighted by Crippen LogP contribution is 2.18. The molecule has 0 radical (unpaired) electrons. The summed E-state index contributed by atoms with van der Waals surface area (Å²) in [5.41, 5.74) is 1.49. The zero-order valence-electron chi connectivity index (χ0n) is 9.67. The highest BCUT2D eigenvalue weighted by molar-refractivity contribution is 7.93. The van der Waals surface area contributed by atoms with Gasteiger partial charge in [-0.15, -0.1) is 11.6 Å². The summed E-state index contributed by atoms with van der Waals surface area (Å²) in [6.45, 7) is 1.79. The average Bonchev–Trinajstić information content (AvgIpc) is 2.70. The SMILES string of the molecule is Cc1cc(NS(=O)(=O)CCl)n(-c2ccccc2)n1. The Balaban J connectivity index is 2.44. The summed E-state index contributed by atoms with van der Waals surface area (Å²) in [5.74, 6) is 0.374. The number of sulfonamides is 1. The number of halogens is 1. The number of aryl methyl sites for hydroxylation is 1. The number of benzene rings is 1. The van der Waals surface area contributed by atoms with Gasteiger partial charge in [0.25, 0.3) is 0 Å². The number of rotatable bonds is 4. The van der Waals surface area contributed by atoms with E-state index in [0.717, 1.165) is 5.69 Å². The van der Waals surface area contributed by atoms with E-state index in [1.165, 1.54) is 4.68 Å². The summed E-state index contributed by atoms with van der Waals surface area (Å²) in [6, 6.07) is 10.9. The first-order valence-electron chi connectivity index (χ1n) is 5.20. The number of para-hydroxylation sites is 1. The van der Waals surface area contributed by atoms with E-state index in [-0.39, 0.29) is 0 Å². The molecular weight excluding hydrogens is 274 g/mol. The van der Waals surface area contributed by atoms with Crippen molar-refractivity contribution in [2.45, 2.75) is 6.92 Å². The Morgan fingerprint density at radius 3 is 2.61 bits per heavy atom. The molecule has 2 rings (SSSR count). The molecule has 0 saturated carbocycles. The third kappa shape index (κ3) is 2.83. The number of hydrogen-bond acceptors (Lipinski definition) is 3. The van der Waals surface area contributed by atoms with E-state index in [1.807, 2.05) is 30.3 Å². The van der Waals surface area contributed by atoms with Crippen LogP contribution in [0.3, 0.4) is 0 Å². The molecule has 1 aromatic heterocycles. The number of aromatic nitrogens is 2. The minimum absolute atomic E-state index is 0.374. The molecule has 2 aromatic rings. The van der Waals surface area contributed by atoms with Crippen LogP contribution in [0.2, 0.25) is 0 Å². The molecule has 0 bridgehead atoms. The molecule has 1 N–H and O–H groups in total. The standard InChI is InChI=1S/C11H12ClN3O2S/c1-9-7-11(14-18(16,17)8-12)15(13-9)10-5-3-2-4-6-10/h2-7,14H,8H2,1H3. The zero-order chi connectivity index (χ0) is 13.2. The molecule has 0 spiro atoms. The fourth-order valence-electron chi connectivity index (χ4n) is 1.52. The summed E-state index contributed by atoms with van der Waals surface area (Å²) in [6.07, 6.45) is 0. The second-order valence-corrected chi connectivity index (χ2v) is 6.05. The Kier molecular flexibility index (Phi) is 3.58. The van der Waals surface area contributed by atoms with Gasteiger partial charge in [-0.1, -0.05) is 18.2 Å². The summed E-state index contributed by atoms with van der Waals surface area (Å²) in [7, 11) is -3.54. The summed E-state index contributed by atoms with van der Waals surface area (Å²) in [5, 5.41) is 3.75. The summed E-state index contributed by atoms with van der Waals surface area (Å²) < 4.78 is 26.9. The number of nitrogens with zero attached hydrogens (tertiary/aromatic N) is 2. The van der Waals surface area contributed by atoms with Crippen molar-refractivity contribution in [1.82, 2.24) is 9.78 Å². The predicted octanol–water partition coefficient (Wildman–Crippen LogP) is 2.12. The van der Waals surface area contributed by atoms with Gasteiger partial charge in [-0.25, -0.2) is 13.1 Å². The topological polar surface area (TPSA) is 64.0 Å². The van der Waals surface area contributed by atoms with Gasteiger partial charge in [0.15, 0.2) is 0 Å². The van der Waals surface area contributed by atoms with Crippen molar-refractivity contribution in [2.24, 2.45) is 0 Å². The lowest BCUT2D eigenvalue weighted by Crippen LogP contribution is -2.16. The maximum atomic E-state index is 11.5. The van der Waals surface area contributed by atoms with Crippen molar-refractivity contribution < 1.29 is 8.42 Å². The van der Waals surface area contributed by atoms with E-state index in [4.69, 9.17) is 11.6 Å². The fraction of sp³-hybridized carbons (Fsp3) is 0.182. The minimum Gasteiger partial charge on any atom is -0.266 e. The number of anilines is 1. The Morgan fingerprint density at radius 2 is 2.00 bits per heavy atom. The third-order valence-corrected chi connectivity index (χ3v) is 3.91. The van der Waals surface area contributed by atoms with Crippen LogP contribution in [0.15, 0.2) is 36.4 Å². The maximum Gasteiger partial charge on any atom is 0.247 e. The molecule has 0 saturated heterocycles. The molecule has 0 unspecified atom stereocenters. The van der Waals surface area contributed by atoms with E-state index in [2.05, 4.69) is 9.82 Å². The molecule has 0 aliphatic rings. The first kappa shape index (κ1) is 12.9. The molecule has 18 heavy (non-hydrogen) atoms. The molecule has 0 atom stereocenters. The third-order valence-electron chi connectivity index (χ3n) is 2.24. The van der Waals surface area contributed by atoms with Crippen LogP contribution in [0, 0.1) is 6.92 Å². The normalized spacial score (nSPS) is 11.4. The maximum absolute atomic E-state index is 11.5. The smallest absolute Gasteiger partial charge is 0.247 e. The molecule has 7 heteroatoms. The van der Waals surface area contributed by atoms with E-state index in [9.17, 15) is 8.42 Å². The number of nitrogens with one attached hydrogen (secondary N) is 1. The molecule has 1 aromatic carbocycles. The van der Waals surface area contributed by atoms with Crippen molar-refractivity contribution in [3.8, 4) is 5.69 Å². The van der Waals surface area contributed by atoms with Crippen molar-refractivity contribution in [3.05, 3.63) is 42.1 Å². The van der Waals surface area contributed by atoms with Gasteiger partial charge in [-0.3, -0.25) is 4.72 Å². The highest BCUT2D eigenvalue weighted by atomic mass is 35.5. The molecule has 0 fully saturated rings. The van der Waals surface area contributed by atoms with Gasteiger partial charge in [0.1, 0.15) is 11.0 Å². The summed E-state index contributed by atoms with van der Waals surface area (Å²) >= 11 is 5.37. The van der Waals surface area contributed by atoms with Gasteiger partial charge in [0.05, 0.1) is 11.4 Å². The molecule has 96 valence electrons. The number of hydrogen-bond donors (Lipinski definition) is 1. The first-order valence-corrected chi connectivity index (χ1v) is 7.39. The Hall–Kier alpha value is -1.53. The van der Waals surface area contributed by atoms with Crippen molar-refractivity contribution >= 4 is 27.4 Å². The van der Waals surface area contributed by atoms with Crippen LogP contribution in [0.5, 0.6) is 0 Å².